The molecular weight excluding hydrogens is 440 g/mol. The van der Waals surface area contributed by atoms with E-state index >= 15 is 0 Å². The van der Waals surface area contributed by atoms with Crippen LogP contribution in [0.1, 0.15) is 24.0 Å². The molecule has 0 unspecified atom stereocenters. The molecule has 0 bridgehead atoms. The number of anilines is 1. The molecule has 0 fully saturated rings. The van der Waals surface area contributed by atoms with Crippen LogP contribution in [0.4, 0.5) is 5.69 Å². The highest BCUT2D eigenvalue weighted by Gasteiger charge is 2.20. The molecule has 1 aliphatic carbocycles. The van der Waals surface area contributed by atoms with Gasteiger partial charge in [0.1, 0.15) is 0 Å². The second kappa shape index (κ2) is 8.88. The fourth-order valence-electron chi connectivity index (χ4n) is 4.14. The van der Waals surface area contributed by atoms with Crippen LogP contribution in [0.5, 0.6) is 11.5 Å². The number of hydrogen-bond donors (Lipinski definition) is 2. The fraction of sp³-hybridized carbons (Fsp3) is 0.240. The zero-order chi connectivity index (χ0) is 22.8. The van der Waals surface area contributed by atoms with E-state index in [0.717, 1.165) is 12.8 Å². The minimum Gasteiger partial charge on any atom is -0.490 e. The second-order valence-electron chi connectivity index (χ2n) is 8.06. The average molecular weight is 465 g/mol. The number of fused-ring (bicyclic) bond motifs is 4. The molecule has 1 amide bonds. The van der Waals surface area contributed by atoms with Gasteiger partial charge >= 0.3 is 0 Å². The summed E-state index contributed by atoms with van der Waals surface area (Å²) in [4.78, 5) is 12.5. The van der Waals surface area contributed by atoms with E-state index in [1.807, 2.05) is 30.3 Å². The van der Waals surface area contributed by atoms with E-state index in [2.05, 4.69) is 22.2 Å². The van der Waals surface area contributed by atoms with Crippen LogP contribution in [0, 0.1) is 0 Å². The maximum atomic E-state index is 12.6. The molecule has 1 aliphatic heterocycles. The summed E-state index contributed by atoms with van der Waals surface area (Å²) in [6.45, 7) is 0.988. The van der Waals surface area contributed by atoms with Crippen LogP contribution in [0.2, 0.25) is 0 Å². The molecule has 0 saturated heterocycles. The van der Waals surface area contributed by atoms with Crippen molar-refractivity contribution in [2.24, 2.45) is 0 Å². The summed E-state index contributed by atoms with van der Waals surface area (Å²) in [5.74, 6) is 0.682. The highest BCUT2D eigenvalue weighted by molar-refractivity contribution is 7.89. The van der Waals surface area contributed by atoms with E-state index in [9.17, 15) is 13.2 Å². The van der Waals surface area contributed by atoms with Gasteiger partial charge in [0.15, 0.2) is 11.5 Å². The van der Waals surface area contributed by atoms with Crippen molar-refractivity contribution in [2.45, 2.75) is 24.2 Å². The van der Waals surface area contributed by atoms with E-state index in [0.29, 0.717) is 30.4 Å². The largest absolute Gasteiger partial charge is 0.490 e. The van der Waals surface area contributed by atoms with E-state index in [1.54, 1.807) is 6.07 Å². The normalized spacial score (nSPS) is 14.2. The summed E-state index contributed by atoms with van der Waals surface area (Å²) in [6.07, 6.45) is 1.59. The molecule has 0 atom stereocenters. The Hall–Kier alpha value is -3.36. The fourth-order valence-corrected chi connectivity index (χ4v) is 5.19. The molecule has 0 aromatic heterocycles. The first kappa shape index (κ1) is 21.5. The Labute approximate surface area is 192 Å². The topological polar surface area (TPSA) is 93.7 Å². The van der Waals surface area contributed by atoms with E-state index in [1.165, 1.54) is 34.4 Å². The summed E-state index contributed by atoms with van der Waals surface area (Å²) in [5.41, 5.74) is 5.57. The van der Waals surface area contributed by atoms with Crippen LogP contribution in [-0.2, 0) is 21.2 Å². The van der Waals surface area contributed by atoms with Gasteiger partial charge in [-0.1, -0.05) is 30.3 Å². The summed E-state index contributed by atoms with van der Waals surface area (Å²) < 4.78 is 38.9. The molecule has 0 saturated carbocycles. The van der Waals surface area contributed by atoms with E-state index in [-0.39, 0.29) is 23.8 Å². The summed E-state index contributed by atoms with van der Waals surface area (Å²) >= 11 is 0. The Morgan fingerprint density at radius 1 is 0.879 bits per heavy atom. The Morgan fingerprint density at radius 2 is 1.67 bits per heavy atom. The van der Waals surface area contributed by atoms with Gasteiger partial charge in [0.25, 0.3) is 0 Å². The van der Waals surface area contributed by atoms with Crippen LogP contribution >= 0.6 is 0 Å². The molecular formula is C25H24N2O5S. The number of rotatable bonds is 6. The summed E-state index contributed by atoms with van der Waals surface area (Å²) in [5, 5.41) is 2.86. The quantitative estimate of drug-likeness (QED) is 0.454. The van der Waals surface area contributed by atoms with Crippen molar-refractivity contribution in [3.8, 4) is 22.6 Å². The number of carbonyl (C=O) groups excluding carboxylic acids is 1. The number of carbonyl (C=O) groups is 1. The molecule has 5 rings (SSSR count). The highest BCUT2D eigenvalue weighted by atomic mass is 32.2. The Bertz CT molecular complexity index is 1320. The Morgan fingerprint density at radius 3 is 2.55 bits per heavy atom. The number of ether oxygens (including phenoxy) is 2. The monoisotopic (exact) mass is 464 g/mol. The van der Waals surface area contributed by atoms with E-state index in [4.69, 9.17) is 9.47 Å². The maximum absolute atomic E-state index is 12.6. The number of benzene rings is 3. The summed E-state index contributed by atoms with van der Waals surface area (Å²) in [7, 11) is -3.78. The minimum absolute atomic E-state index is 0.0149. The van der Waals surface area contributed by atoms with Gasteiger partial charge in [-0.3, -0.25) is 4.79 Å². The highest BCUT2D eigenvalue weighted by Crippen LogP contribution is 2.37. The second-order valence-corrected chi connectivity index (χ2v) is 9.83. The van der Waals surface area contributed by atoms with Gasteiger partial charge in [-0.2, -0.15) is 0 Å². The molecule has 8 heteroatoms. The van der Waals surface area contributed by atoms with Gasteiger partial charge < -0.3 is 14.8 Å². The Balaban J connectivity index is 1.17. The van der Waals surface area contributed by atoms with Crippen LogP contribution in [0.3, 0.4) is 0 Å². The number of amides is 1. The number of sulfonamides is 1. The molecule has 0 radical (unpaired) electrons. The lowest BCUT2D eigenvalue weighted by Crippen LogP contribution is -2.27. The molecule has 0 spiro atoms. The van der Waals surface area contributed by atoms with Crippen molar-refractivity contribution in [1.29, 1.82) is 0 Å². The molecule has 170 valence electrons. The SMILES string of the molecule is O=C(CCNS(=O)(=O)c1ccc2c(c1)OCCCO2)Nc1ccc2c(c1)Cc1ccccc1-2. The summed E-state index contributed by atoms with van der Waals surface area (Å²) in [6, 6.07) is 18.7. The maximum Gasteiger partial charge on any atom is 0.240 e. The molecule has 7 nitrogen and oxygen atoms in total. The van der Waals surface area contributed by atoms with Crippen molar-refractivity contribution >= 4 is 21.6 Å². The van der Waals surface area contributed by atoms with Gasteiger partial charge in [0, 0.05) is 31.1 Å². The minimum atomic E-state index is -3.78. The third kappa shape index (κ3) is 4.58. The lowest BCUT2D eigenvalue weighted by Gasteiger charge is -2.11. The molecule has 1 heterocycles. The van der Waals surface area contributed by atoms with Crippen molar-refractivity contribution < 1.29 is 22.7 Å². The van der Waals surface area contributed by atoms with Gasteiger partial charge in [0.2, 0.25) is 15.9 Å². The zero-order valence-electron chi connectivity index (χ0n) is 18.0. The lowest BCUT2D eigenvalue weighted by atomic mass is 10.1. The van der Waals surface area contributed by atoms with Crippen molar-refractivity contribution in [3.63, 3.8) is 0 Å². The van der Waals surface area contributed by atoms with Gasteiger partial charge in [-0.05, 0) is 52.9 Å². The standard InChI is InChI=1S/C25H24N2O5S/c28-25(27-19-6-8-22-18(15-19)14-17-4-1-2-5-21(17)22)10-11-26-33(29,30)20-7-9-23-24(16-20)32-13-3-12-31-23/h1-2,4-9,15-16,26H,3,10-14H2,(H,27,28). The van der Waals surface area contributed by atoms with Crippen molar-refractivity contribution in [3.05, 3.63) is 71.8 Å². The molecule has 33 heavy (non-hydrogen) atoms. The first-order chi connectivity index (χ1) is 16.0. The van der Waals surface area contributed by atoms with Crippen LogP contribution in [0.15, 0.2) is 65.6 Å². The zero-order valence-corrected chi connectivity index (χ0v) is 18.8. The van der Waals surface area contributed by atoms with Crippen molar-refractivity contribution in [2.75, 3.05) is 25.1 Å². The molecule has 2 N–H and O–H groups in total. The smallest absolute Gasteiger partial charge is 0.240 e. The molecule has 2 aliphatic rings. The lowest BCUT2D eigenvalue weighted by molar-refractivity contribution is -0.116. The first-order valence-corrected chi connectivity index (χ1v) is 12.4. The van der Waals surface area contributed by atoms with Crippen LogP contribution in [-0.4, -0.2) is 34.1 Å². The first-order valence-electron chi connectivity index (χ1n) is 10.9. The predicted octanol–water partition coefficient (Wildman–Crippen LogP) is 3.73. The third-order valence-electron chi connectivity index (χ3n) is 5.75. The average Bonchev–Trinajstić information content (AvgIpc) is 2.99. The van der Waals surface area contributed by atoms with Crippen molar-refractivity contribution in [1.82, 2.24) is 4.72 Å². The van der Waals surface area contributed by atoms with E-state index < -0.39 is 10.0 Å². The van der Waals surface area contributed by atoms with Gasteiger partial charge in [-0.25, -0.2) is 13.1 Å². The predicted molar refractivity (Wildman–Crippen MR) is 125 cm³/mol. The number of nitrogens with one attached hydrogen (secondary N) is 2. The third-order valence-corrected chi connectivity index (χ3v) is 7.21. The molecule has 3 aromatic rings. The van der Waals surface area contributed by atoms with Gasteiger partial charge in [0.05, 0.1) is 18.1 Å². The van der Waals surface area contributed by atoms with Crippen LogP contribution in [0.25, 0.3) is 11.1 Å². The van der Waals surface area contributed by atoms with Gasteiger partial charge in [-0.15, -0.1) is 0 Å². The Kier molecular flexibility index (Phi) is 5.78. The van der Waals surface area contributed by atoms with Crippen LogP contribution < -0.4 is 19.5 Å². The molecule has 3 aromatic carbocycles. The number of hydrogen-bond acceptors (Lipinski definition) is 5.